The second-order valence-electron chi connectivity index (χ2n) is 5.35. The van der Waals surface area contributed by atoms with Crippen LogP contribution in [0.15, 0.2) is 47.4 Å². The highest BCUT2D eigenvalue weighted by Gasteiger charge is 2.19. The van der Waals surface area contributed by atoms with Crippen molar-refractivity contribution in [1.29, 1.82) is 0 Å². The third-order valence-electron chi connectivity index (χ3n) is 3.52. The van der Waals surface area contributed by atoms with Gasteiger partial charge in [0.1, 0.15) is 11.3 Å². The monoisotopic (exact) mass is 350 g/mol. The van der Waals surface area contributed by atoms with Crippen LogP contribution in [0, 0.1) is 0 Å². The molecule has 0 aromatic heterocycles. The number of hydrogen-bond donors (Lipinski definition) is 2. The molecule has 0 radical (unpaired) electrons. The maximum atomic E-state index is 12.5. The molecule has 24 heavy (non-hydrogen) atoms. The van der Waals surface area contributed by atoms with Crippen LogP contribution in [0.5, 0.6) is 5.75 Å². The molecule has 128 valence electrons. The van der Waals surface area contributed by atoms with Gasteiger partial charge in [0.05, 0.1) is 23.9 Å². The third-order valence-corrected chi connectivity index (χ3v) is 5.21. The van der Waals surface area contributed by atoms with E-state index in [0.29, 0.717) is 11.1 Å². The number of ether oxygens (including phenoxy) is 1. The Hall–Kier alpha value is -2.38. The van der Waals surface area contributed by atoms with E-state index in [4.69, 9.17) is 0 Å². The molecule has 6 nitrogen and oxygen atoms in total. The SMILES string of the molecule is COC(=O)c1ccc(CS(=O)(=O)c2cccc(C(C)O)c2)cc1O. The number of esters is 1. The number of hydrogen-bond acceptors (Lipinski definition) is 6. The fourth-order valence-corrected chi connectivity index (χ4v) is 3.61. The summed E-state index contributed by atoms with van der Waals surface area (Å²) in [5.74, 6) is -1.38. The van der Waals surface area contributed by atoms with Gasteiger partial charge in [-0.05, 0) is 42.3 Å². The van der Waals surface area contributed by atoms with Crippen LogP contribution in [-0.4, -0.2) is 31.7 Å². The van der Waals surface area contributed by atoms with E-state index in [9.17, 15) is 23.4 Å². The van der Waals surface area contributed by atoms with Crippen LogP contribution in [0.1, 0.15) is 34.5 Å². The molecule has 0 spiro atoms. The lowest BCUT2D eigenvalue weighted by molar-refractivity contribution is 0.0597. The van der Waals surface area contributed by atoms with Crippen molar-refractivity contribution in [1.82, 2.24) is 0 Å². The number of sulfone groups is 1. The number of aromatic hydroxyl groups is 1. The molecule has 1 unspecified atom stereocenters. The van der Waals surface area contributed by atoms with E-state index in [-0.39, 0.29) is 22.0 Å². The smallest absolute Gasteiger partial charge is 0.341 e. The largest absolute Gasteiger partial charge is 0.507 e. The number of carbonyl (C=O) groups excluding carboxylic acids is 1. The Morgan fingerprint density at radius 3 is 2.50 bits per heavy atom. The van der Waals surface area contributed by atoms with E-state index < -0.39 is 21.9 Å². The van der Waals surface area contributed by atoms with Crippen LogP contribution in [0.2, 0.25) is 0 Å². The van der Waals surface area contributed by atoms with E-state index in [0.717, 1.165) is 0 Å². The minimum atomic E-state index is -3.66. The third kappa shape index (κ3) is 3.93. The van der Waals surface area contributed by atoms with E-state index in [1.54, 1.807) is 19.1 Å². The van der Waals surface area contributed by atoms with Gasteiger partial charge in [-0.15, -0.1) is 0 Å². The van der Waals surface area contributed by atoms with Gasteiger partial charge in [0, 0.05) is 0 Å². The summed E-state index contributed by atoms with van der Waals surface area (Å²) >= 11 is 0. The highest BCUT2D eigenvalue weighted by molar-refractivity contribution is 7.90. The lowest BCUT2D eigenvalue weighted by Crippen LogP contribution is -2.07. The Labute approximate surface area is 140 Å². The Bertz CT molecular complexity index is 855. The van der Waals surface area contributed by atoms with Gasteiger partial charge in [0.25, 0.3) is 0 Å². The summed E-state index contributed by atoms with van der Waals surface area (Å²) in [5, 5.41) is 19.4. The first-order valence-corrected chi connectivity index (χ1v) is 8.81. The summed E-state index contributed by atoms with van der Waals surface area (Å²) in [6.07, 6.45) is -0.775. The molecule has 0 amide bonds. The summed E-state index contributed by atoms with van der Waals surface area (Å²) in [6.45, 7) is 1.55. The molecule has 0 saturated carbocycles. The van der Waals surface area contributed by atoms with E-state index in [1.807, 2.05) is 0 Å². The Morgan fingerprint density at radius 2 is 1.92 bits per heavy atom. The van der Waals surface area contributed by atoms with Crippen molar-refractivity contribution >= 4 is 15.8 Å². The number of aliphatic hydroxyl groups is 1. The molecular formula is C17H18O6S. The highest BCUT2D eigenvalue weighted by Crippen LogP contribution is 2.24. The molecule has 1 atom stereocenters. The van der Waals surface area contributed by atoms with Gasteiger partial charge in [-0.1, -0.05) is 18.2 Å². The molecule has 2 aromatic carbocycles. The molecule has 0 fully saturated rings. The quantitative estimate of drug-likeness (QED) is 0.802. The van der Waals surface area contributed by atoms with Crippen molar-refractivity contribution in [3.05, 3.63) is 59.2 Å². The first kappa shape index (κ1) is 18.0. The van der Waals surface area contributed by atoms with E-state index in [2.05, 4.69) is 4.74 Å². The Kier molecular flexibility index (Phi) is 5.26. The van der Waals surface area contributed by atoms with Crippen LogP contribution in [0.25, 0.3) is 0 Å². The lowest BCUT2D eigenvalue weighted by atomic mass is 10.1. The first-order valence-electron chi connectivity index (χ1n) is 7.15. The highest BCUT2D eigenvalue weighted by atomic mass is 32.2. The zero-order valence-electron chi connectivity index (χ0n) is 13.3. The van der Waals surface area contributed by atoms with Gasteiger partial charge in [-0.2, -0.15) is 0 Å². The predicted molar refractivity (Wildman–Crippen MR) is 87.4 cm³/mol. The van der Waals surface area contributed by atoms with E-state index in [1.165, 1.54) is 37.4 Å². The van der Waals surface area contributed by atoms with Crippen molar-refractivity contribution in [3.63, 3.8) is 0 Å². The molecule has 0 bridgehead atoms. The van der Waals surface area contributed by atoms with Crippen LogP contribution in [-0.2, 0) is 20.3 Å². The zero-order valence-corrected chi connectivity index (χ0v) is 14.1. The summed E-state index contributed by atoms with van der Waals surface area (Å²) in [5.41, 5.74) is 0.803. The van der Waals surface area contributed by atoms with Gasteiger partial charge < -0.3 is 14.9 Å². The summed E-state index contributed by atoms with van der Waals surface area (Å²) in [4.78, 5) is 11.5. The van der Waals surface area contributed by atoms with E-state index >= 15 is 0 Å². The number of carbonyl (C=O) groups is 1. The minimum absolute atomic E-state index is 0.0326. The van der Waals surface area contributed by atoms with Gasteiger partial charge >= 0.3 is 5.97 Å². The summed E-state index contributed by atoms with van der Waals surface area (Å²) in [6, 6.07) is 10.1. The Morgan fingerprint density at radius 1 is 1.21 bits per heavy atom. The molecule has 2 aromatic rings. The zero-order chi connectivity index (χ0) is 17.9. The van der Waals surface area contributed by atoms with Crippen LogP contribution < -0.4 is 0 Å². The van der Waals surface area contributed by atoms with Gasteiger partial charge in [0.15, 0.2) is 9.84 Å². The number of rotatable bonds is 5. The number of aliphatic hydroxyl groups excluding tert-OH is 1. The Balaban J connectivity index is 2.31. The fourth-order valence-electron chi connectivity index (χ4n) is 2.22. The standard InChI is InChI=1S/C17H18O6S/c1-11(18)13-4-3-5-14(9-13)24(21,22)10-12-6-7-15(16(19)8-12)17(20)23-2/h3-9,11,18-19H,10H2,1-2H3. The van der Waals surface area contributed by atoms with Gasteiger partial charge in [-0.3, -0.25) is 0 Å². The van der Waals surface area contributed by atoms with Gasteiger partial charge in [-0.25, -0.2) is 13.2 Å². The molecule has 0 heterocycles. The molecule has 2 N–H and O–H groups in total. The molecular weight excluding hydrogens is 332 g/mol. The molecule has 0 saturated heterocycles. The van der Waals surface area contributed by atoms with Crippen molar-refractivity contribution < 1.29 is 28.2 Å². The molecule has 0 aliphatic rings. The second kappa shape index (κ2) is 7.02. The molecule has 0 aliphatic heterocycles. The van der Waals surface area contributed by atoms with Crippen LogP contribution in [0.3, 0.4) is 0 Å². The average molecular weight is 350 g/mol. The van der Waals surface area contributed by atoms with Crippen molar-refractivity contribution in [2.75, 3.05) is 7.11 Å². The number of methoxy groups -OCH3 is 1. The first-order chi connectivity index (χ1) is 11.2. The number of benzene rings is 2. The number of phenols is 1. The fraction of sp³-hybridized carbons (Fsp3) is 0.235. The summed E-state index contributed by atoms with van der Waals surface area (Å²) < 4.78 is 29.5. The van der Waals surface area contributed by atoms with Crippen LogP contribution >= 0.6 is 0 Å². The van der Waals surface area contributed by atoms with Crippen LogP contribution in [0.4, 0.5) is 0 Å². The van der Waals surface area contributed by atoms with Gasteiger partial charge in [0.2, 0.25) is 0 Å². The normalized spacial score (nSPS) is 12.6. The lowest BCUT2D eigenvalue weighted by Gasteiger charge is -2.10. The minimum Gasteiger partial charge on any atom is -0.507 e. The summed E-state index contributed by atoms with van der Waals surface area (Å²) in [7, 11) is -2.47. The van der Waals surface area contributed by atoms with Crippen molar-refractivity contribution in [3.8, 4) is 5.75 Å². The predicted octanol–water partition coefficient (Wildman–Crippen LogP) is 2.21. The maximum Gasteiger partial charge on any atom is 0.341 e. The molecule has 2 rings (SSSR count). The van der Waals surface area contributed by atoms with Crippen molar-refractivity contribution in [2.24, 2.45) is 0 Å². The van der Waals surface area contributed by atoms with Crippen molar-refractivity contribution in [2.45, 2.75) is 23.7 Å². The topological polar surface area (TPSA) is 101 Å². The molecule has 7 heteroatoms. The number of phenolic OH excluding ortho intramolecular Hbond substituents is 1. The second-order valence-corrected chi connectivity index (χ2v) is 7.34. The maximum absolute atomic E-state index is 12.5. The average Bonchev–Trinajstić information content (AvgIpc) is 2.54. The molecule has 0 aliphatic carbocycles.